The number of anilines is 1. The van der Waals surface area contributed by atoms with Gasteiger partial charge in [0, 0.05) is 5.56 Å². The predicted molar refractivity (Wildman–Crippen MR) is 103 cm³/mol. The lowest BCUT2D eigenvalue weighted by Gasteiger charge is -2.13. The van der Waals surface area contributed by atoms with Crippen LogP contribution in [0.5, 0.6) is 0 Å². The number of aliphatic carboxylic acids is 1. The zero-order valence-electron chi connectivity index (χ0n) is 14.2. The van der Waals surface area contributed by atoms with Gasteiger partial charge >= 0.3 is 5.97 Å². The van der Waals surface area contributed by atoms with E-state index in [0.29, 0.717) is 16.9 Å². The number of benzene rings is 2. The Hall–Kier alpha value is -3.46. The molecular formula is C19H12FN3O4S. The van der Waals surface area contributed by atoms with Gasteiger partial charge in [0.2, 0.25) is 0 Å². The number of aliphatic imine (C=N–C) groups is 1. The fraction of sp³-hybridized carbons (Fsp3) is 0.0526. The van der Waals surface area contributed by atoms with Crippen molar-refractivity contribution < 1.29 is 23.9 Å². The minimum atomic E-state index is -1.16. The molecule has 2 aliphatic rings. The zero-order chi connectivity index (χ0) is 19.8. The molecule has 9 heteroatoms. The highest BCUT2D eigenvalue weighted by atomic mass is 32.2. The number of thioether (sulfide) groups is 1. The van der Waals surface area contributed by atoms with Crippen molar-refractivity contribution in [2.75, 3.05) is 11.4 Å². The quantitative estimate of drug-likeness (QED) is 0.776. The maximum absolute atomic E-state index is 13.0. The minimum Gasteiger partial charge on any atom is -0.480 e. The lowest BCUT2D eigenvalue weighted by molar-refractivity contribution is -0.136. The van der Waals surface area contributed by atoms with E-state index in [-0.39, 0.29) is 15.6 Å². The number of fused-ring (bicyclic) bond motifs is 1. The number of nitrogens with zero attached hydrogens (tertiary/aromatic N) is 2. The van der Waals surface area contributed by atoms with Gasteiger partial charge in [0.1, 0.15) is 12.4 Å². The molecule has 2 aliphatic heterocycles. The summed E-state index contributed by atoms with van der Waals surface area (Å²) in [7, 11) is 0. The second-order valence-electron chi connectivity index (χ2n) is 5.96. The third-order valence-corrected chi connectivity index (χ3v) is 5.11. The van der Waals surface area contributed by atoms with Crippen LogP contribution in [0.25, 0.3) is 5.57 Å². The molecule has 0 atom stereocenters. The Morgan fingerprint density at radius 3 is 2.57 bits per heavy atom. The highest BCUT2D eigenvalue weighted by molar-refractivity contribution is 8.18. The molecule has 2 aromatic carbocycles. The molecule has 140 valence electrons. The third-order valence-electron chi connectivity index (χ3n) is 4.13. The number of amidine groups is 1. The number of carboxylic acid groups (broad SMARTS) is 1. The van der Waals surface area contributed by atoms with Crippen molar-refractivity contribution in [3.63, 3.8) is 0 Å². The number of para-hydroxylation sites is 1. The van der Waals surface area contributed by atoms with Gasteiger partial charge in [-0.3, -0.25) is 19.3 Å². The van der Waals surface area contributed by atoms with E-state index in [1.54, 1.807) is 24.3 Å². The van der Waals surface area contributed by atoms with E-state index >= 15 is 0 Å². The summed E-state index contributed by atoms with van der Waals surface area (Å²) in [6.45, 7) is -0.505. The van der Waals surface area contributed by atoms with Crippen molar-refractivity contribution in [2.45, 2.75) is 0 Å². The number of nitrogens with one attached hydrogen (secondary N) is 1. The molecule has 28 heavy (non-hydrogen) atoms. The monoisotopic (exact) mass is 397 g/mol. The Kier molecular flexibility index (Phi) is 4.44. The van der Waals surface area contributed by atoms with Gasteiger partial charge in [0.15, 0.2) is 5.17 Å². The smallest absolute Gasteiger partial charge is 0.323 e. The molecule has 0 unspecified atom stereocenters. The van der Waals surface area contributed by atoms with E-state index < -0.39 is 30.1 Å². The second-order valence-corrected chi connectivity index (χ2v) is 6.95. The molecule has 2 amide bonds. The average Bonchev–Trinajstić information content (AvgIpc) is 3.14. The summed E-state index contributed by atoms with van der Waals surface area (Å²) < 4.78 is 13.0. The van der Waals surface area contributed by atoms with Gasteiger partial charge in [-0.2, -0.15) is 0 Å². The number of halogens is 1. The van der Waals surface area contributed by atoms with Gasteiger partial charge in [-0.1, -0.05) is 18.2 Å². The van der Waals surface area contributed by atoms with Crippen LogP contribution in [-0.4, -0.2) is 34.6 Å². The Labute approximate surface area is 162 Å². The molecule has 0 aromatic heterocycles. The maximum Gasteiger partial charge on any atom is 0.323 e. The highest BCUT2D eigenvalue weighted by Crippen LogP contribution is 2.42. The summed E-state index contributed by atoms with van der Waals surface area (Å²) in [6.07, 6.45) is 0. The fourth-order valence-corrected chi connectivity index (χ4v) is 3.89. The number of rotatable bonds is 3. The third kappa shape index (κ3) is 3.16. The van der Waals surface area contributed by atoms with Crippen molar-refractivity contribution in [3.8, 4) is 0 Å². The molecule has 7 nitrogen and oxygen atoms in total. The van der Waals surface area contributed by atoms with E-state index in [1.165, 1.54) is 24.3 Å². The molecule has 0 bridgehead atoms. The fourth-order valence-electron chi connectivity index (χ4n) is 2.96. The van der Waals surface area contributed by atoms with E-state index in [1.807, 2.05) is 0 Å². The summed E-state index contributed by atoms with van der Waals surface area (Å²) in [5, 5.41) is 11.9. The molecule has 0 aliphatic carbocycles. The van der Waals surface area contributed by atoms with E-state index in [0.717, 1.165) is 16.7 Å². The van der Waals surface area contributed by atoms with Crippen molar-refractivity contribution in [2.24, 2.45) is 4.99 Å². The normalized spacial score (nSPS) is 19.9. The Morgan fingerprint density at radius 1 is 1.14 bits per heavy atom. The molecular weight excluding hydrogens is 385 g/mol. The van der Waals surface area contributed by atoms with Gasteiger partial charge in [0.05, 0.1) is 21.9 Å². The number of hydrogen-bond donors (Lipinski definition) is 2. The number of carbonyl (C=O) groups is 3. The van der Waals surface area contributed by atoms with Crippen molar-refractivity contribution in [3.05, 3.63) is 64.8 Å². The minimum absolute atomic E-state index is 0.142. The van der Waals surface area contributed by atoms with Gasteiger partial charge in [-0.05, 0) is 42.1 Å². The standard InChI is InChI=1S/C19H12FN3O4S/c20-10-5-7-11(8-6-10)21-19-22-17(26)16(28-19)15-12-3-1-2-4-13(12)23(18(15)27)9-14(24)25/h1-8H,9H2,(H,24,25)(H,21,22,26). The van der Waals surface area contributed by atoms with Crippen molar-refractivity contribution >= 4 is 51.7 Å². The maximum atomic E-state index is 13.0. The first-order valence-corrected chi connectivity index (χ1v) is 8.96. The van der Waals surface area contributed by atoms with Crippen LogP contribution in [0.2, 0.25) is 0 Å². The summed E-state index contributed by atoms with van der Waals surface area (Å²) in [5.74, 6) is -2.61. The highest BCUT2D eigenvalue weighted by Gasteiger charge is 2.39. The van der Waals surface area contributed by atoms with Gasteiger partial charge in [0.25, 0.3) is 11.8 Å². The molecule has 1 saturated heterocycles. The number of amides is 2. The molecule has 0 radical (unpaired) electrons. The van der Waals surface area contributed by atoms with Crippen LogP contribution in [-0.2, 0) is 14.4 Å². The first-order valence-electron chi connectivity index (χ1n) is 8.15. The molecule has 4 rings (SSSR count). The van der Waals surface area contributed by atoms with Crippen molar-refractivity contribution in [1.82, 2.24) is 5.32 Å². The zero-order valence-corrected chi connectivity index (χ0v) is 15.0. The first kappa shape index (κ1) is 17.9. The SMILES string of the molecule is O=C(O)CN1C(=O)C(=C2SC(=Nc3ccc(F)cc3)NC2=O)c2ccccc21. The molecule has 2 heterocycles. The van der Waals surface area contributed by atoms with Crippen LogP contribution >= 0.6 is 11.8 Å². The van der Waals surface area contributed by atoms with Crippen molar-refractivity contribution in [1.29, 1.82) is 0 Å². The second kappa shape index (κ2) is 6.93. The first-order chi connectivity index (χ1) is 13.4. The molecule has 0 spiro atoms. The van der Waals surface area contributed by atoms with Crippen LogP contribution in [0, 0.1) is 5.82 Å². The molecule has 2 aromatic rings. The lowest BCUT2D eigenvalue weighted by Crippen LogP contribution is -2.32. The Balaban J connectivity index is 1.74. The Morgan fingerprint density at radius 2 is 1.86 bits per heavy atom. The largest absolute Gasteiger partial charge is 0.480 e. The Bertz CT molecular complexity index is 1080. The van der Waals surface area contributed by atoms with Crippen LogP contribution in [0.1, 0.15) is 5.56 Å². The topological polar surface area (TPSA) is 99.1 Å². The van der Waals surface area contributed by atoms with E-state index in [4.69, 9.17) is 5.11 Å². The number of hydrogen-bond acceptors (Lipinski definition) is 5. The van der Waals surface area contributed by atoms with Crippen LogP contribution in [0.4, 0.5) is 15.8 Å². The van der Waals surface area contributed by atoms with Crippen LogP contribution in [0.15, 0.2) is 58.4 Å². The summed E-state index contributed by atoms with van der Waals surface area (Å²) in [4.78, 5) is 42.0. The predicted octanol–water partition coefficient (Wildman–Crippen LogP) is 2.52. The van der Waals surface area contributed by atoms with E-state index in [9.17, 15) is 18.8 Å². The number of carboxylic acids is 1. The molecule has 0 saturated carbocycles. The number of carbonyl (C=O) groups excluding carboxylic acids is 2. The molecule has 1 fully saturated rings. The lowest BCUT2D eigenvalue weighted by atomic mass is 10.1. The average molecular weight is 397 g/mol. The van der Waals surface area contributed by atoms with E-state index in [2.05, 4.69) is 10.3 Å². The summed E-state index contributed by atoms with van der Waals surface area (Å²) in [6, 6.07) is 12.1. The van der Waals surface area contributed by atoms with Crippen LogP contribution in [0.3, 0.4) is 0 Å². The van der Waals surface area contributed by atoms with Gasteiger partial charge in [-0.25, -0.2) is 9.38 Å². The van der Waals surface area contributed by atoms with Gasteiger partial charge < -0.3 is 10.4 Å². The molecule has 2 N–H and O–H groups in total. The summed E-state index contributed by atoms with van der Waals surface area (Å²) in [5.41, 5.74) is 1.52. The summed E-state index contributed by atoms with van der Waals surface area (Å²) >= 11 is 0.984. The van der Waals surface area contributed by atoms with Gasteiger partial charge in [-0.15, -0.1) is 0 Å². The van der Waals surface area contributed by atoms with Crippen LogP contribution < -0.4 is 10.2 Å².